The van der Waals surface area contributed by atoms with Gasteiger partial charge in [-0.25, -0.2) is 0 Å². The Kier molecular flexibility index (Phi) is 4.95. The summed E-state index contributed by atoms with van der Waals surface area (Å²) >= 11 is 0. The Morgan fingerprint density at radius 1 is 1.20 bits per heavy atom. The van der Waals surface area contributed by atoms with Gasteiger partial charge in [0.2, 0.25) is 0 Å². The van der Waals surface area contributed by atoms with Crippen LogP contribution in [0.15, 0.2) is 48.2 Å². The van der Waals surface area contributed by atoms with E-state index in [0.717, 1.165) is 18.7 Å². The minimum absolute atomic E-state index is 0. The van der Waals surface area contributed by atoms with Gasteiger partial charge >= 0.3 is 20.4 Å². The molecule has 4 rings (SSSR count). The number of rotatable bonds is 3. The Balaban J connectivity index is 0.00000182. The van der Waals surface area contributed by atoms with Gasteiger partial charge in [-0.05, 0) is 35.1 Å². The van der Waals surface area contributed by atoms with Crippen molar-refractivity contribution in [2.45, 2.75) is 39.5 Å². The van der Waals surface area contributed by atoms with E-state index in [1.54, 1.807) is 0 Å². The van der Waals surface area contributed by atoms with E-state index in [-0.39, 0.29) is 25.8 Å². The second-order valence-electron chi connectivity index (χ2n) is 7.47. The van der Waals surface area contributed by atoms with Gasteiger partial charge in [-0.1, -0.05) is 63.2 Å². The minimum Gasteiger partial charge on any atom is -0.562 e. The summed E-state index contributed by atoms with van der Waals surface area (Å²) < 4.78 is 0. The van der Waals surface area contributed by atoms with Gasteiger partial charge in [-0.2, -0.15) is 12.1 Å². The maximum absolute atomic E-state index is 4.68. The fourth-order valence-corrected chi connectivity index (χ4v) is 3.85. The fourth-order valence-electron chi connectivity index (χ4n) is 3.85. The molecule has 0 saturated carbocycles. The van der Waals surface area contributed by atoms with Crippen LogP contribution in [-0.4, -0.2) is 6.54 Å². The summed E-state index contributed by atoms with van der Waals surface area (Å²) in [5, 5.41) is 2.01. The first-order chi connectivity index (χ1) is 11.5. The summed E-state index contributed by atoms with van der Waals surface area (Å²) in [4.78, 5) is 0. The van der Waals surface area contributed by atoms with Crippen LogP contribution in [0.2, 0.25) is 0 Å². The summed E-state index contributed by atoms with van der Waals surface area (Å²) in [6, 6.07) is 16.6. The first kappa shape index (κ1) is 18.4. The summed E-state index contributed by atoms with van der Waals surface area (Å²) in [7, 11) is 0. The maximum Gasteiger partial charge on any atom is 2.00 e. The minimum atomic E-state index is 0. The number of anilines is 1. The average molecular weight is 423 g/mol. The van der Waals surface area contributed by atoms with Gasteiger partial charge in [0.1, 0.15) is 0 Å². The molecule has 1 aliphatic carbocycles. The van der Waals surface area contributed by atoms with Gasteiger partial charge in [0.25, 0.3) is 0 Å². The standard InChI is InChI=1S/C22H24N2.Pd/c1-5-15(2)16-13-23-24(14-16)17-10-11-21-19(12-17)18-8-6-7-9-20(18)22(21,3)4;/h6-9,11-12,14-15H,5,13H2,1-4H3;/q-2;+2. The van der Waals surface area contributed by atoms with Gasteiger partial charge in [0.15, 0.2) is 0 Å². The molecule has 0 aromatic heterocycles. The monoisotopic (exact) mass is 422 g/mol. The number of hydrogen-bond acceptors (Lipinski definition) is 1. The molecule has 1 unspecified atom stereocenters. The molecule has 0 radical (unpaired) electrons. The van der Waals surface area contributed by atoms with E-state index in [1.807, 2.05) is 5.01 Å². The molecule has 0 bridgehead atoms. The third-order valence-corrected chi connectivity index (χ3v) is 5.69. The second kappa shape index (κ2) is 6.73. The first-order valence-corrected chi connectivity index (χ1v) is 8.85. The Morgan fingerprint density at radius 3 is 2.72 bits per heavy atom. The van der Waals surface area contributed by atoms with Crippen LogP contribution in [-0.2, 0) is 25.8 Å². The number of hydrogen-bond donors (Lipinski definition) is 0. The SMILES string of the molecule is CCC(C)C1=CN(c2[c-]cc3c(c2)-c2ccccc2C3(C)C)[N-]C1.[Pd+2]. The summed E-state index contributed by atoms with van der Waals surface area (Å²) in [5.74, 6) is 0.591. The molecule has 2 aliphatic rings. The van der Waals surface area contributed by atoms with Crippen molar-refractivity contribution >= 4 is 5.69 Å². The van der Waals surface area contributed by atoms with E-state index in [0.29, 0.717) is 5.92 Å². The van der Waals surface area contributed by atoms with Gasteiger partial charge < -0.3 is 10.4 Å². The molecule has 0 N–H and O–H groups in total. The Bertz CT molecular complexity index is 823. The predicted molar refractivity (Wildman–Crippen MR) is 101 cm³/mol. The third-order valence-electron chi connectivity index (χ3n) is 5.69. The van der Waals surface area contributed by atoms with E-state index >= 15 is 0 Å². The number of benzene rings is 2. The topological polar surface area (TPSA) is 17.3 Å². The van der Waals surface area contributed by atoms with E-state index in [4.69, 9.17) is 0 Å². The molecule has 0 saturated heterocycles. The van der Waals surface area contributed by atoms with Crippen LogP contribution in [0.25, 0.3) is 16.6 Å². The van der Waals surface area contributed by atoms with Crippen LogP contribution in [0.1, 0.15) is 45.2 Å². The van der Waals surface area contributed by atoms with Crippen LogP contribution < -0.4 is 5.01 Å². The number of nitrogens with zero attached hydrogens (tertiary/aromatic N) is 2. The van der Waals surface area contributed by atoms with Crippen LogP contribution in [0.5, 0.6) is 0 Å². The molecule has 2 aromatic rings. The molecule has 1 atom stereocenters. The summed E-state index contributed by atoms with van der Waals surface area (Å²) in [6.07, 6.45) is 3.35. The van der Waals surface area contributed by atoms with Crippen LogP contribution in [0, 0.1) is 12.0 Å². The predicted octanol–water partition coefficient (Wildman–Crippen LogP) is 5.83. The van der Waals surface area contributed by atoms with Gasteiger partial charge in [-0.3, -0.25) is 0 Å². The second-order valence-corrected chi connectivity index (χ2v) is 7.47. The summed E-state index contributed by atoms with van der Waals surface area (Å²) in [6.45, 7) is 9.91. The largest absolute Gasteiger partial charge is 2.00 e. The molecular formula is C22H24N2Pd. The molecule has 2 nitrogen and oxygen atoms in total. The molecule has 1 aliphatic heterocycles. The van der Waals surface area contributed by atoms with Crippen molar-refractivity contribution in [3.05, 3.63) is 70.8 Å². The van der Waals surface area contributed by atoms with Crippen molar-refractivity contribution in [3.8, 4) is 11.1 Å². The molecule has 25 heavy (non-hydrogen) atoms. The quantitative estimate of drug-likeness (QED) is 0.449. The van der Waals surface area contributed by atoms with Crippen molar-refractivity contribution in [2.75, 3.05) is 11.6 Å². The van der Waals surface area contributed by atoms with Crippen molar-refractivity contribution in [3.63, 3.8) is 0 Å². The molecule has 1 heterocycles. The zero-order valence-corrected chi connectivity index (χ0v) is 16.8. The third kappa shape index (κ3) is 2.89. The number of fused-ring (bicyclic) bond motifs is 3. The zero-order valence-electron chi connectivity index (χ0n) is 15.2. The molecule has 3 heteroatoms. The van der Waals surface area contributed by atoms with Gasteiger partial charge in [-0.15, -0.1) is 23.7 Å². The van der Waals surface area contributed by atoms with E-state index in [9.17, 15) is 0 Å². The van der Waals surface area contributed by atoms with E-state index in [1.165, 1.54) is 27.8 Å². The molecule has 2 aromatic carbocycles. The zero-order chi connectivity index (χ0) is 16.9. The Morgan fingerprint density at radius 2 is 1.96 bits per heavy atom. The molecular weight excluding hydrogens is 399 g/mol. The van der Waals surface area contributed by atoms with Crippen LogP contribution in [0.4, 0.5) is 5.69 Å². The Labute approximate surface area is 164 Å². The average Bonchev–Trinajstić information content (AvgIpc) is 3.17. The van der Waals surface area contributed by atoms with Crippen molar-refractivity contribution < 1.29 is 20.4 Å². The van der Waals surface area contributed by atoms with Crippen molar-refractivity contribution in [1.82, 2.24) is 0 Å². The normalized spacial score (nSPS) is 18.2. The smallest absolute Gasteiger partial charge is 0.562 e. The van der Waals surface area contributed by atoms with Gasteiger partial charge in [0.05, 0.1) is 0 Å². The van der Waals surface area contributed by atoms with Crippen molar-refractivity contribution in [2.24, 2.45) is 5.92 Å². The maximum atomic E-state index is 4.68. The van der Waals surface area contributed by atoms with Gasteiger partial charge in [0, 0.05) is 0 Å². The van der Waals surface area contributed by atoms with Crippen molar-refractivity contribution in [1.29, 1.82) is 0 Å². The van der Waals surface area contributed by atoms with E-state index in [2.05, 4.69) is 81.8 Å². The molecule has 0 amide bonds. The fraction of sp³-hybridized carbons (Fsp3) is 0.364. The molecule has 132 valence electrons. The Hall–Kier alpha value is -1.40. The van der Waals surface area contributed by atoms with Crippen LogP contribution >= 0.6 is 0 Å². The first-order valence-electron chi connectivity index (χ1n) is 8.85. The summed E-state index contributed by atoms with van der Waals surface area (Å²) in [5.41, 5.74) is 12.6. The van der Waals surface area contributed by atoms with E-state index < -0.39 is 0 Å². The molecule has 0 spiro atoms. The molecule has 0 fully saturated rings. The van der Waals surface area contributed by atoms with Crippen LogP contribution in [0.3, 0.4) is 0 Å².